The minimum atomic E-state index is -2.05. The fraction of sp³-hybridized carbons (Fsp3) is 0.200. The van der Waals surface area contributed by atoms with Gasteiger partial charge in [-0.1, -0.05) is 71.7 Å². The molecule has 2 atom stereocenters. The van der Waals surface area contributed by atoms with Crippen LogP contribution in [0.4, 0.5) is 0 Å². The van der Waals surface area contributed by atoms with Crippen LogP contribution < -0.4 is 0 Å². The molecule has 1 rings (SSSR count). The van der Waals surface area contributed by atoms with E-state index in [4.69, 9.17) is 46.4 Å². The molecule has 0 bridgehead atoms. The molecule has 2 nitrogen and oxygen atoms in total. The number of rotatable bonds is 2. The van der Waals surface area contributed by atoms with Gasteiger partial charge in [-0.05, 0) is 0 Å². The maximum absolute atomic E-state index is 10.2. The van der Waals surface area contributed by atoms with Crippen molar-refractivity contribution >= 4 is 46.4 Å². The van der Waals surface area contributed by atoms with Gasteiger partial charge in [0.25, 0.3) is 0 Å². The van der Waals surface area contributed by atoms with Crippen LogP contribution in [0.15, 0.2) is 45.4 Å². The molecule has 0 aromatic heterocycles. The quantitative estimate of drug-likeness (QED) is 0.769. The van der Waals surface area contributed by atoms with Gasteiger partial charge < -0.3 is 10.2 Å². The Morgan fingerprint density at radius 3 is 1.25 bits per heavy atom. The molecule has 2 N–H and O–H groups in total. The van der Waals surface area contributed by atoms with Crippen molar-refractivity contribution in [1.82, 2.24) is 0 Å². The third-order valence-corrected chi connectivity index (χ3v) is 4.42. The van der Waals surface area contributed by atoms with Crippen LogP contribution in [0, 0.1) is 0 Å². The van der Waals surface area contributed by atoms with Crippen LogP contribution in [0.2, 0.25) is 0 Å². The summed E-state index contributed by atoms with van der Waals surface area (Å²) in [5.74, 6) is 0. The van der Waals surface area contributed by atoms with E-state index in [1.165, 1.54) is 0 Å². The van der Waals surface area contributed by atoms with E-state index in [1.54, 1.807) is 0 Å². The summed E-state index contributed by atoms with van der Waals surface area (Å²) >= 11 is 23.2. The first-order chi connectivity index (χ1) is 7.26. The Labute approximate surface area is 113 Å². The highest BCUT2D eigenvalue weighted by atomic mass is 35.5. The maximum Gasteiger partial charge on any atom is 0.157 e. The van der Waals surface area contributed by atoms with E-state index < -0.39 is 11.2 Å². The Hall–Kier alpha value is 0.0400. The first-order valence-electron chi connectivity index (χ1n) is 4.10. The summed E-state index contributed by atoms with van der Waals surface area (Å²) in [6, 6.07) is 0. The molecule has 0 saturated heterocycles. The first kappa shape index (κ1) is 14.1. The van der Waals surface area contributed by atoms with Crippen molar-refractivity contribution < 1.29 is 10.2 Å². The van der Waals surface area contributed by atoms with E-state index in [0.29, 0.717) is 0 Å². The molecule has 1 aliphatic rings. The monoisotopic (exact) mass is 300 g/mol. The van der Waals surface area contributed by atoms with Crippen LogP contribution >= 0.6 is 46.4 Å². The largest absolute Gasteiger partial charge is 0.376 e. The summed E-state index contributed by atoms with van der Waals surface area (Å²) in [4.78, 5) is 0. The molecular weight excluding hydrogens is 294 g/mol. The second-order valence-electron chi connectivity index (χ2n) is 3.20. The van der Waals surface area contributed by atoms with E-state index in [1.807, 2.05) is 0 Å². The third kappa shape index (κ3) is 1.57. The molecular formula is C10H8Cl4O2. The number of hydrogen-bond donors (Lipinski definition) is 2. The SMILES string of the molecule is C=C[C@@]1(O)C(Cl)=C(Cl)C(Cl)=C(Cl)[C@]1(O)C=C. The smallest absolute Gasteiger partial charge is 0.157 e. The molecule has 0 aromatic rings. The topological polar surface area (TPSA) is 40.5 Å². The van der Waals surface area contributed by atoms with E-state index in [-0.39, 0.29) is 20.1 Å². The average molecular weight is 302 g/mol. The molecule has 0 unspecified atom stereocenters. The van der Waals surface area contributed by atoms with Crippen molar-refractivity contribution in [3.05, 3.63) is 45.4 Å². The van der Waals surface area contributed by atoms with E-state index in [9.17, 15) is 10.2 Å². The molecule has 0 radical (unpaired) electrons. The van der Waals surface area contributed by atoms with E-state index in [2.05, 4.69) is 13.2 Å². The van der Waals surface area contributed by atoms with Crippen molar-refractivity contribution in [3.8, 4) is 0 Å². The normalized spacial score (nSPS) is 35.4. The minimum absolute atomic E-state index is 0.137. The molecule has 0 aromatic carbocycles. The Bertz CT molecular complexity index is 387. The lowest BCUT2D eigenvalue weighted by Gasteiger charge is -2.42. The standard InChI is InChI=1S/C10H8Cl4O2/c1-3-9(15)7(13)5(11)6(12)8(14)10(9,16)4-2/h3-4,15-16H,1-2H2/t9-,10-/m1/s1. The molecule has 16 heavy (non-hydrogen) atoms. The van der Waals surface area contributed by atoms with Crippen molar-refractivity contribution in [2.45, 2.75) is 11.2 Å². The molecule has 1 aliphatic carbocycles. The van der Waals surface area contributed by atoms with Gasteiger partial charge in [0.1, 0.15) is 0 Å². The fourth-order valence-corrected chi connectivity index (χ4v) is 2.56. The van der Waals surface area contributed by atoms with Gasteiger partial charge in [0.15, 0.2) is 11.2 Å². The summed E-state index contributed by atoms with van der Waals surface area (Å²) < 4.78 is 0. The van der Waals surface area contributed by atoms with Gasteiger partial charge in [-0.15, -0.1) is 0 Å². The summed E-state index contributed by atoms with van der Waals surface area (Å²) in [5.41, 5.74) is -4.11. The third-order valence-electron chi connectivity index (χ3n) is 2.42. The molecule has 6 heteroatoms. The fourth-order valence-electron chi connectivity index (χ4n) is 1.35. The lowest BCUT2D eigenvalue weighted by Crippen LogP contribution is -2.54. The van der Waals surface area contributed by atoms with Crippen molar-refractivity contribution in [2.75, 3.05) is 0 Å². The van der Waals surface area contributed by atoms with Gasteiger partial charge in [0.05, 0.1) is 20.1 Å². The van der Waals surface area contributed by atoms with E-state index >= 15 is 0 Å². The van der Waals surface area contributed by atoms with Crippen molar-refractivity contribution in [2.24, 2.45) is 0 Å². The lowest BCUT2D eigenvalue weighted by molar-refractivity contribution is -0.0371. The number of halogens is 4. The summed E-state index contributed by atoms with van der Waals surface area (Å²) in [6.07, 6.45) is 2.04. The molecule has 0 fully saturated rings. The van der Waals surface area contributed by atoms with Gasteiger partial charge in [-0.3, -0.25) is 0 Å². The molecule has 0 heterocycles. The Balaban J connectivity index is 3.66. The Morgan fingerprint density at radius 1 is 0.812 bits per heavy atom. The lowest BCUT2D eigenvalue weighted by atomic mass is 9.79. The van der Waals surface area contributed by atoms with Gasteiger partial charge in [-0.2, -0.15) is 0 Å². The van der Waals surface area contributed by atoms with Crippen molar-refractivity contribution in [1.29, 1.82) is 0 Å². The summed E-state index contributed by atoms with van der Waals surface area (Å²) in [6.45, 7) is 6.77. The van der Waals surface area contributed by atoms with Crippen molar-refractivity contribution in [3.63, 3.8) is 0 Å². The molecule has 0 amide bonds. The van der Waals surface area contributed by atoms with Gasteiger partial charge in [0, 0.05) is 0 Å². The highest BCUT2D eigenvalue weighted by Crippen LogP contribution is 2.50. The van der Waals surface area contributed by atoms with Crippen LogP contribution in [0.3, 0.4) is 0 Å². The Morgan fingerprint density at radius 2 is 1.06 bits per heavy atom. The number of allylic oxidation sites excluding steroid dienone is 2. The molecule has 88 valence electrons. The van der Waals surface area contributed by atoms with Gasteiger partial charge in [-0.25, -0.2) is 0 Å². The van der Waals surface area contributed by atoms with Crippen LogP contribution in [-0.4, -0.2) is 21.4 Å². The van der Waals surface area contributed by atoms with Gasteiger partial charge in [0.2, 0.25) is 0 Å². The highest BCUT2D eigenvalue weighted by molar-refractivity contribution is 6.52. The number of hydrogen-bond acceptors (Lipinski definition) is 2. The van der Waals surface area contributed by atoms with E-state index in [0.717, 1.165) is 12.2 Å². The predicted molar refractivity (Wildman–Crippen MR) is 67.8 cm³/mol. The molecule has 0 spiro atoms. The van der Waals surface area contributed by atoms with Crippen LogP contribution in [0.1, 0.15) is 0 Å². The predicted octanol–water partition coefficient (Wildman–Crippen LogP) is 3.21. The molecule has 0 saturated carbocycles. The van der Waals surface area contributed by atoms with Crippen LogP contribution in [0.25, 0.3) is 0 Å². The Kier molecular flexibility index (Phi) is 3.85. The summed E-state index contributed by atoms with van der Waals surface area (Å²) in [7, 11) is 0. The van der Waals surface area contributed by atoms with Crippen LogP contribution in [-0.2, 0) is 0 Å². The second-order valence-corrected chi connectivity index (χ2v) is 4.71. The van der Waals surface area contributed by atoms with Crippen LogP contribution in [0.5, 0.6) is 0 Å². The molecule has 0 aliphatic heterocycles. The highest BCUT2D eigenvalue weighted by Gasteiger charge is 2.54. The second kappa shape index (κ2) is 4.37. The number of aliphatic hydroxyl groups is 2. The zero-order valence-corrected chi connectivity index (χ0v) is 11.0. The minimum Gasteiger partial charge on any atom is -0.376 e. The first-order valence-corrected chi connectivity index (χ1v) is 5.61. The maximum atomic E-state index is 10.2. The zero-order chi connectivity index (χ0) is 12.7. The van der Waals surface area contributed by atoms with Gasteiger partial charge >= 0.3 is 0 Å². The summed E-state index contributed by atoms with van der Waals surface area (Å²) in [5, 5.41) is 19.7. The zero-order valence-electron chi connectivity index (χ0n) is 7.98. The average Bonchev–Trinajstić information content (AvgIpc) is 2.31.